The molecule has 1 aromatic carbocycles. The summed E-state index contributed by atoms with van der Waals surface area (Å²) in [6.07, 6.45) is 5.79. The molecule has 5 nitrogen and oxygen atoms in total. The lowest BCUT2D eigenvalue weighted by atomic mass is 10.1. The van der Waals surface area contributed by atoms with E-state index in [9.17, 15) is 0 Å². The molecule has 0 aliphatic heterocycles. The highest BCUT2D eigenvalue weighted by Gasteiger charge is 2.02. The lowest BCUT2D eigenvalue weighted by molar-refractivity contribution is 0.232. The van der Waals surface area contributed by atoms with Gasteiger partial charge >= 0.3 is 0 Å². The van der Waals surface area contributed by atoms with Gasteiger partial charge < -0.3 is 14.8 Å². The fourth-order valence-corrected chi connectivity index (χ4v) is 2.17. The number of ether oxygens (including phenoxy) is 2. The minimum atomic E-state index is 0.0979. The Bertz CT molecular complexity index is 707. The molecule has 1 atom stereocenters. The van der Waals surface area contributed by atoms with Crippen LogP contribution in [0.15, 0.2) is 48.7 Å². The number of hydrogen-bond donors (Lipinski definition) is 2. The number of benzene rings is 1. The van der Waals surface area contributed by atoms with Gasteiger partial charge in [-0.2, -0.15) is 0 Å². The molecule has 0 amide bonds. The van der Waals surface area contributed by atoms with Crippen LogP contribution in [0.3, 0.4) is 0 Å². The SMILES string of the molecule is CC(=N)NC(C)/C=C/c1ccc(Oc2ccc(OC(C)C)nc2)cc1. The van der Waals surface area contributed by atoms with Gasteiger partial charge in [0, 0.05) is 12.1 Å². The molecule has 0 saturated carbocycles. The molecule has 1 heterocycles. The van der Waals surface area contributed by atoms with E-state index in [-0.39, 0.29) is 12.1 Å². The van der Waals surface area contributed by atoms with Crippen LogP contribution in [0.25, 0.3) is 6.08 Å². The van der Waals surface area contributed by atoms with Crippen molar-refractivity contribution in [2.75, 3.05) is 0 Å². The summed E-state index contributed by atoms with van der Waals surface area (Å²) < 4.78 is 11.3. The van der Waals surface area contributed by atoms with Crippen molar-refractivity contribution < 1.29 is 9.47 Å². The van der Waals surface area contributed by atoms with Gasteiger partial charge in [-0.1, -0.05) is 24.3 Å². The Morgan fingerprint density at radius 1 is 1.08 bits per heavy atom. The molecule has 0 fully saturated rings. The first-order valence-corrected chi connectivity index (χ1v) is 8.33. The molecule has 0 saturated heterocycles. The van der Waals surface area contributed by atoms with Crippen LogP contribution in [0.4, 0.5) is 0 Å². The van der Waals surface area contributed by atoms with Crippen LogP contribution in [-0.2, 0) is 0 Å². The molecule has 0 spiro atoms. The fraction of sp³-hybridized carbons (Fsp3) is 0.300. The van der Waals surface area contributed by atoms with Gasteiger partial charge in [-0.3, -0.25) is 5.41 Å². The summed E-state index contributed by atoms with van der Waals surface area (Å²) in [7, 11) is 0. The summed E-state index contributed by atoms with van der Waals surface area (Å²) in [5, 5.41) is 10.4. The maximum Gasteiger partial charge on any atom is 0.213 e. The molecule has 2 rings (SSSR count). The van der Waals surface area contributed by atoms with Crippen molar-refractivity contribution in [2.45, 2.75) is 39.8 Å². The first kappa shape index (κ1) is 18.5. The van der Waals surface area contributed by atoms with E-state index in [1.54, 1.807) is 19.2 Å². The summed E-state index contributed by atoms with van der Waals surface area (Å²) in [5.41, 5.74) is 1.07. The number of nitrogens with zero attached hydrogens (tertiary/aromatic N) is 1. The van der Waals surface area contributed by atoms with Crippen molar-refractivity contribution in [3.05, 3.63) is 54.2 Å². The molecule has 0 aliphatic rings. The Labute approximate surface area is 149 Å². The van der Waals surface area contributed by atoms with E-state index < -0.39 is 0 Å². The summed E-state index contributed by atoms with van der Waals surface area (Å²) in [6.45, 7) is 7.66. The predicted molar refractivity (Wildman–Crippen MR) is 102 cm³/mol. The number of hydrogen-bond acceptors (Lipinski definition) is 4. The number of aromatic nitrogens is 1. The first-order valence-electron chi connectivity index (χ1n) is 8.33. The third-order valence-corrected chi connectivity index (χ3v) is 3.20. The normalized spacial score (nSPS) is 12.2. The summed E-state index contributed by atoms with van der Waals surface area (Å²) in [5.74, 6) is 2.46. The average molecular weight is 339 g/mol. The lowest BCUT2D eigenvalue weighted by Gasteiger charge is -2.10. The molecule has 5 heteroatoms. The topological polar surface area (TPSA) is 67.2 Å². The molecule has 2 aromatic rings. The van der Waals surface area contributed by atoms with E-state index in [1.807, 2.05) is 63.3 Å². The molecule has 1 unspecified atom stereocenters. The summed E-state index contributed by atoms with van der Waals surface area (Å²) in [4.78, 5) is 4.22. The molecule has 25 heavy (non-hydrogen) atoms. The smallest absolute Gasteiger partial charge is 0.213 e. The second kappa shape index (κ2) is 8.87. The third kappa shape index (κ3) is 6.67. The Kier molecular flexibility index (Phi) is 6.57. The van der Waals surface area contributed by atoms with Gasteiger partial charge in [0.1, 0.15) is 11.5 Å². The molecular weight excluding hydrogens is 314 g/mol. The minimum absolute atomic E-state index is 0.0979. The van der Waals surface area contributed by atoms with Gasteiger partial charge in [-0.05, 0) is 51.5 Å². The monoisotopic (exact) mass is 339 g/mol. The maximum absolute atomic E-state index is 7.41. The van der Waals surface area contributed by atoms with Crippen molar-refractivity contribution in [1.82, 2.24) is 10.3 Å². The molecule has 2 N–H and O–H groups in total. The number of pyridine rings is 1. The van der Waals surface area contributed by atoms with Crippen LogP contribution in [-0.4, -0.2) is 23.0 Å². The lowest BCUT2D eigenvalue weighted by Crippen LogP contribution is -2.27. The second-order valence-corrected chi connectivity index (χ2v) is 6.09. The van der Waals surface area contributed by atoms with E-state index in [1.165, 1.54) is 0 Å². The van der Waals surface area contributed by atoms with Crippen molar-refractivity contribution in [2.24, 2.45) is 0 Å². The van der Waals surface area contributed by atoms with E-state index in [0.717, 1.165) is 11.3 Å². The zero-order chi connectivity index (χ0) is 18.2. The minimum Gasteiger partial charge on any atom is -0.475 e. The molecule has 0 aliphatic carbocycles. The van der Waals surface area contributed by atoms with Crippen LogP contribution in [0.2, 0.25) is 0 Å². The van der Waals surface area contributed by atoms with Gasteiger partial charge in [0.15, 0.2) is 0 Å². The molecule has 0 radical (unpaired) electrons. The van der Waals surface area contributed by atoms with Gasteiger partial charge in [-0.15, -0.1) is 0 Å². The van der Waals surface area contributed by atoms with Crippen molar-refractivity contribution in [3.63, 3.8) is 0 Å². The quantitative estimate of drug-likeness (QED) is 0.569. The predicted octanol–water partition coefficient (Wildman–Crippen LogP) is 4.65. The van der Waals surface area contributed by atoms with Crippen molar-refractivity contribution >= 4 is 11.9 Å². The third-order valence-electron chi connectivity index (χ3n) is 3.20. The average Bonchev–Trinajstić information content (AvgIpc) is 2.55. The van der Waals surface area contributed by atoms with Gasteiger partial charge in [0.05, 0.1) is 18.1 Å². The van der Waals surface area contributed by atoms with Crippen LogP contribution < -0.4 is 14.8 Å². The number of amidine groups is 1. The van der Waals surface area contributed by atoms with Crippen LogP contribution in [0.5, 0.6) is 17.4 Å². The second-order valence-electron chi connectivity index (χ2n) is 6.09. The largest absolute Gasteiger partial charge is 0.475 e. The Morgan fingerprint density at radius 3 is 2.32 bits per heavy atom. The van der Waals surface area contributed by atoms with E-state index >= 15 is 0 Å². The van der Waals surface area contributed by atoms with Crippen LogP contribution in [0, 0.1) is 5.41 Å². The first-order chi connectivity index (χ1) is 11.9. The Morgan fingerprint density at radius 2 is 1.76 bits per heavy atom. The van der Waals surface area contributed by atoms with Crippen molar-refractivity contribution in [1.29, 1.82) is 5.41 Å². The van der Waals surface area contributed by atoms with Gasteiger partial charge in [-0.25, -0.2) is 4.98 Å². The summed E-state index contributed by atoms with van der Waals surface area (Å²) >= 11 is 0. The molecule has 0 bridgehead atoms. The van der Waals surface area contributed by atoms with E-state index in [4.69, 9.17) is 14.9 Å². The van der Waals surface area contributed by atoms with E-state index in [0.29, 0.717) is 17.5 Å². The highest BCUT2D eigenvalue weighted by atomic mass is 16.5. The van der Waals surface area contributed by atoms with Gasteiger partial charge in [0.2, 0.25) is 5.88 Å². The standard InChI is InChI=1S/C20H25N3O2/c1-14(2)24-20-12-11-19(13-22-20)25-18-9-7-17(8-10-18)6-5-15(3)23-16(4)21/h5-15H,1-4H3,(H2,21,23)/b6-5+. The maximum atomic E-state index is 7.41. The molecule has 132 valence electrons. The Hall–Kier alpha value is -2.82. The molecule has 1 aromatic heterocycles. The van der Waals surface area contributed by atoms with Crippen LogP contribution >= 0.6 is 0 Å². The zero-order valence-electron chi connectivity index (χ0n) is 15.1. The fourth-order valence-electron chi connectivity index (χ4n) is 2.17. The highest BCUT2D eigenvalue weighted by Crippen LogP contribution is 2.23. The van der Waals surface area contributed by atoms with Crippen molar-refractivity contribution in [3.8, 4) is 17.4 Å². The number of nitrogens with one attached hydrogen (secondary N) is 2. The van der Waals surface area contributed by atoms with Crippen LogP contribution in [0.1, 0.15) is 33.3 Å². The number of rotatable bonds is 7. The highest BCUT2D eigenvalue weighted by molar-refractivity contribution is 5.76. The zero-order valence-corrected chi connectivity index (χ0v) is 15.1. The molecular formula is C20H25N3O2. The Balaban J connectivity index is 1.93. The van der Waals surface area contributed by atoms with E-state index in [2.05, 4.69) is 10.3 Å². The summed E-state index contributed by atoms with van der Waals surface area (Å²) in [6, 6.07) is 11.6. The van der Waals surface area contributed by atoms with Gasteiger partial charge in [0.25, 0.3) is 0 Å².